The van der Waals surface area contributed by atoms with E-state index in [1.54, 1.807) is 41.9 Å². The normalized spacial score (nSPS) is 11.6. The van der Waals surface area contributed by atoms with Crippen molar-refractivity contribution in [3.8, 4) is 22.9 Å². The minimum absolute atomic E-state index is 0.00488. The largest absolute Gasteiger partial charge is 0.491 e. The molecule has 41 heavy (non-hydrogen) atoms. The summed E-state index contributed by atoms with van der Waals surface area (Å²) < 4.78 is 47.9. The molecule has 13 heteroatoms. The summed E-state index contributed by atoms with van der Waals surface area (Å²) in [6, 6.07) is 9.84. The van der Waals surface area contributed by atoms with Crippen molar-refractivity contribution in [1.82, 2.24) is 14.5 Å². The summed E-state index contributed by atoms with van der Waals surface area (Å²) in [5.74, 6) is -0.381. The van der Waals surface area contributed by atoms with E-state index in [4.69, 9.17) is 16.3 Å². The first-order valence-corrected chi connectivity index (χ1v) is 13.3. The summed E-state index contributed by atoms with van der Waals surface area (Å²) in [6.45, 7) is 1.46. The van der Waals surface area contributed by atoms with Gasteiger partial charge >= 0.3 is 12.1 Å². The highest BCUT2D eigenvalue weighted by Crippen LogP contribution is 2.40. The number of benzene rings is 2. The molecule has 8 nitrogen and oxygen atoms in total. The minimum Gasteiger partial charge on any atom is -0.491 e. The van der Waals surface area contributed by atoms with Crippen molar-refractivity contribution in [3.63, 3.8) is 0 Å². The van der Waals surface area contributed by atoms with Crippen molar-refractivity contribution in [3.05, 3.63) is 85.9 Å². The minimum atomic E-state index is -4.70. The monoisotopic (exact) mass is 598 g/mol. The van der Waals surface area contributed by atoms with Crippen molar-refractivity contribution in [2.75, 3.05) is 6.61 Å². The van der Waals surface area contributed by atoms with Crippen LogP contribution in [0.3, 0.4) is 0 Å². The first-order valence-electron chi connectivity index (χ1n) is 12.0. The number of pyridine rings is 1. The lowest BCUT2D eigenvalue weighted by molar-refractivity contribution is -0.138. The van der Waals surface area contributed by atoms with Gasteiger partial charge in [0.05, 0.1) is 45.2 Å². The summed E-state index contributed by atoms with van der Waals surface area (Å²) in [5, 5.41) is 20.7. The van der Waals surface area contributed by atoms with Gasteiger partial charge in [-0.05, 0) is 48.7 Å². The lowest BCUT2D eigenvalue weighted by atomic mass is 10.0. The molecular weight excluding hydrogens is 581 g/mol. The van der Waals surface area contributed by atoms with E-state index >= 15 is 0 Å². The lowest BCUT2D eigenvalue weighted by Crippen LogP contribution is -2.27. The molecule has 5 aromatic rings. The molecule has 0 bridgehead atoms. The van der Waals surface area contributed by atoms with Gasteiger partial charge < -0.3 is 9.84 Å². The highest BCUT2D eigenvalue weighted by atomic mass is 35.5. The third-order valence-corrected chi connectivity index (χ3v) is 7.66. The Bertz CT molecular complexity index is 1950. The molecule has 0 spiro atoms. The van der Waals surface area contributed by atoms with Crippen LogP contribution in [0.4, 0.5) is 13.2 Å². The van der Waals surface area contributed by atoms with Gasteiger partial charge in [0.15, 0.2) is 0 Å². The number of nitriles is 1. The third-order valence-electron chi connectivity index (χ3n) is 6.37. The number of fused-ring (bicyclic) bond motifs is 2. The van der Waals surface area contributed by atoms with E-state index in [0.29, 0.717) is 33.5 Å². The van der Waals surface area contributed by atoms with Gasteiger partial charge in [0.2, 0.25) is 0 Å². The van der Waals surface area contributed by atoms with Crippen LogP contribution in [-0.2, 0) is 23.9 Å². The number of aryl methyl sites for hydroxylation is 1. The average molecular weight is 599 g/mol. The van der Waals surface area contributed by atoms with Gasteiger partial charge in [-0.25, -0.2) is 4.98 Å². The molecule has 0 saturated carbocycles. The Morgan fingerprint density at radius 3 is 2.71 bits per heavy atom. The van der Waals surface area contributed by atoms with Gasteiger partial charge in [-0.15, -0.1) is 11.3 Å². The van der Waals surface area contributed by atoms with E-state index in [-0.39, 0.29) is 36.3 Å². The number of hydrogen-bond donors (Lipinski definition) is 1. The van der Waals surface area contributed by atoms with Crippen molar-refractivity contribution in [2.24, 2.45) is 0 Å². The third kappa shape index (κ3) is 5.46. The zero-order valence-electron chi connectivity index (χ0n) is 21.1. The Balaban J connectivity index is 1.48. The highest BCUT2D eigenvalue weighted by Gasteiger charge is 2.32. The molecule has 0 aliphatic heterocycles. The molecule has 2 aromatic carbocycles. The fourth-order valence-electron chi connectivity index (χ4n) is 4.54. The number of carboxylic acid groups (broad SMARTS) is 1. The van der Waals surface area contributed by atoms with Crippen LogP contribution in [0.15, 0.2) is 52.8 Å². The van der Waals surface area contributed by atoms with E-state index in [0.717, 1.165) is 16.3 Å². The molecule has 0 fully saturated rings. The molecule has 208 valence electrons. The molecule has 0 aliphatic rings. The maximum atomic E-state index is 13.3. The van der Waals surface area contributed by atoms with E-state index in [1.807, 2.05) is 0 Å². The molecule has 0 aliphatic carbocycles. The Labute approximate surface area is 238 Å². The lowest BCUT2D eigenvalue weighted by Gasteiger charge is -2.16. The number of aromatic nitrogens is 3. The smallest absolute Gasteiger partial charge is 0.416 e. The van der Waals surface area contributed by atoms with Crippen molar-refractivity contribution in [1.29, 1.82) is 5.26 Å². The van der Waals surface area contributed by atoms with Gasteiger partial charge in [0.1, 0.15) is 24.3 Å². The number of thiophene rings is 1. The summed E-state index contributed by atoms with van der Waals surface area (Å²) >= 11 is 7.64. The van der Waals surface area contributed by atoms with Crippen LogP contribution >= 0.6 is 22.9 Å². The van der Waals surface area contributed by atoms with Gasteiger partial charge in [-0.3, -0.25) is 19.1 Å². The van der Waals surface area contributed by atoms with Gasteiger partial charge in [-0.2, -0.15) is 18.4 Å². The van der Waals surface area contributed by atoms with E-state index in [1.165, 1.54) is 22.8 Å². The van der Waals surface area contributed by atoms with Gasteiger partial charge in [0, 0.05) is 27.9 Å². The predicted octanol–water partition coefficient (Wildman–Crippen LogP) is 6.23. The second-order valence-corrected chi connectivity index (χ2v) is 10.3. The molecule has 3 aromatic heterocycles. The molecule has 0 radical (unpaired) electrons. The number of hydrogen-bond acceptors (Lipinski definition) is 7. The molecule has 0 saturated heterocycles. The van der Waals surface area contributed by atoms with Crippen molar-refractivity contribution >= 4 is 50.0 Å². The van der Waals surface area contributed by atoms with Crippen LogP contribution in [0.1, 0.15) is 22.5 Å². The fourth-order valence-corrected chi connectivity index (χ4v) is 5.77. The second-order valence-electron chi connectivity index (χ2n) is 9.00. The maximum Gasteiger partial charge on any atom is 0.416 e. The van der Waals surface area contributed by atoms with Crippen LogP contribution in [0.25, 0.3) is 32.2 Å². The molecule has 0 atom stereocenters. The van der Waals surface area contributed by atoms with Crippen LogP contribution in [0, 0.1) is 18.3 Å². The average Bonchev–Trinajstić information content (AvgIpc) is 3.32. The fraction of sp³-hybridized carbons (Fsp3) is 0.179. The highest BCUT2D eigenvalue weighted by molar-refractivity contribution is 7.18. The Morgan fingerprint density at radius 1 is 1.22 bits per heavy atom. The zero-order chi connectivity index (χ0) is 29.5. The zero-order valence-corrected chi connectivity index (χ0v) is 22.7. The summed E-state index contributed by atoms with van der Waals surface area (Å²) in [6.07, 6.45) is -3.30. The van der Waals surface area contributed by atoms with Crippen molar-refractivity contribution < 1.29 is 27.8 Å². The standard InChI is InChI=1S/C28H18ClF3N4O4S/c1-14-35-21-10-17(28(30,31)32)8-15(12-33)24(21)27(39)36(14)6-7-40-22-3-2-18(29)11-20(22)19-4-5-34-25-16(9-23(37)38)13-41-26(19)25/h2-5,8,10-11,13H,6-7,9H2,1H3,(H,37,38). The second kappa shape index (κ2) is 10.8. The Hall–Kier alpha value is -4.47. The van der Waals surface area contributed by atoms with E-state index < -0.39 is 28.8 Å². The van der Waals surface area contributed by atoms with Crippen LogP contribution in [-0.4, -0.2) is 32.2 Å². The molecule has 1 N–H and O–H groups in total. The SMILES string of the molecule is Cc1nc2cc(C(F)(F)F)cc(C#N)c2c(=O)n1CCOc1ccc(Cl)cc1-c1ccnc2c(CC(=O)O)csc12. The number of alkyl halides is 3. The Kier molecular flexibility index (Phi) is 7.42. The number of halogens is 4. The first-order chi connectivity index (χ1) is 19.5. The summed E-state index contributed by atoms with van der Waals surface area (Å²) in [5.41, 5.74) is 0.162. The molecule has 5 rings (SSSR count). The van der Waals surface area contributed by atoms with Gasteiger partial charge in [-0.1, -0.05) is 11.6 Å². The molecule has 0 amide bonds. The Morgan fingerprint density at radius 2 is 2.00 bits per heavy atom. The quantitative estimate of drug-likeness (QED) is 0.236. The molecular formula is C28H18ClF3N4O4S. The van der Waals surface area contributed by atoms with Crippen molar-refractivity contribution in [2.45, 2.75) is 26.1 Å². The van der Waals surface area contributed by atoms with Crippen LogP contribution in [0.5, 0.6) is 5.75 Å². The molecule has 0 unspecified atom stereocenters. The number of carboxylic acids is 1. The summed E-state index contributed by atoms with van der Waals surface area (Å²) in [4.78, 5) is 33.0. The molecule has 3 heterocycles. The number of aliphatic carboxylic acids is 1. The topological polar surface area (TPSA) is 118 Å². The maximum absolute atomic E-state index is 13.3. The van der Waals surface area contributed by atoms with E-state index in [9.17, 15) is 33.1 Å². The number of ether oxygens (including phenoxy) is 1. The number of rotatable bonds is 7. The van der Waals surface area contributed by atoms with E-state index in [2.05, 4.69) is 9.97 Å². The van der Waals surface area contributed by atoms with Gasteiger partial charge in [0.25, 0.3) is 5.56 Å². The number of nitrogens with zero attached hydrogens (tertiary/aromatic N) is 4. The van der Waals surface area contributed by atoms with Crippen LogP contribution in [0.2, 0.25) is 5.02 Å². The summed E-state index contributed by atoms with van der Waals surface area (Å²) in [7, 11) is 0. The predicted molar refractivity (Wildman–Crippen MR) is 147 cm³/mol. The number of carbonyl (C=O) groups is 1. The van der Waals surface area contributed by atoms with Crippen LogP contribution < -0.4 is 10.3 Å². The first kappa shape index (κ1) is 28.1.